The number of carbonyl (C=O) groups excluding carboxylic acids is 1. The van der Waals surface area contributed by atoms with E-state index in [-0.39, 0.29) is 18.5 Å². The van der Waals surface area contributed by atoms with Crippen molar-refractivity contribution in [1.82, 2.24) is 5.32 Å². The number of rotatable bonds is 8. The Labute approximate surface area is 123 Å². The second-order valence-corrected chi connectivity index (χ2v) is 5.44. The van der Waals surface area contributed by atoms with Gasteiger partial charge in [0, 0.05) is 6.61 Å². The molecule has 2 unspecified atom stereocenters. The third-order valence-electron chi connectivity index (χ3n) is 3.94. The lowest BCUT2D eigenvalue weighted by Gasteiger charge is -2.34. The Morgan fingerprint density at radius 1 is 1.43 bits per heavy atom. The molecule has 1 rings (SSSR count). The van der Waals surface area contributed by atoms with Crippen LogP contribution in [-0.2, 0) is 14.3 Å². The van der Waals surface area contributed by atoms with Crippen molar-refractivity contribution in [1.29, 1.82) is 0 Å². The highest BCUT2D eigenvalue weighted by molar-refractivity contribution is 5.81. The number of esters is 1. The maximum Gasteiger partial charge on any atom is 0.411 e. The van der Waals surface area contributed by atoms with Crippen LogP contribution in [0, 0.1) is 5.92 Å². The maximum absolute atomic E-state index is 12.1. The van der Waals surface area contributed by atoms with Crippen LogP contribution in [-0.4, -0.2) is 44.6 Å². The first kappa shape index (κ1) is 18.2. The highest BCUT2D eigenvalue weighted by Crippen LogP contribution is 2.39. The largest absolute Gasteiger partial charge is 0.468 e. The highest BCUT2D eigenvalue weighted by atomic mass is 19.4. The first-order valence-electron chi connectivity index (χ1n) is 7.33. The predicted molar refractivity (Wildman–Crippen MR) is 71.9 cm³/mol. The SMILES string of the molecule is CCCNC1(C(=O)OC)CCCC1CCOCC(F)(F)F. The predicted octanol–water partition coefficient (Wildman–Crippen LogP) is 2.67. The minimum Gasteiger partial charge on any atom is -0.468 e. The molecular formula is C14H24F3NO3. The molecule has 0 amide bonds. The minimum absolute atomic E-state index is 0.00325. The third kappa shape index (κ3) is 5.14. The van der Waals surface area contributed by atoms with Crippen LogP contribution >= 0.6 is 0 Å². The fourth-order valence-electron chi connectivity index (χ4n) is 2.99. The van der Waals surface area contributed by atoms with Crippen LogP contribution in [0.3, 0.4) is 0 Å². The summed E-state index contributed by atoms with van der Waals surface area (Å²) in [7, 11) is 1.34. The quantitative estimate of drug-likeness (QED) is 0.553. The summed E-state index contributed by atoms with van der Waals surface area (Å²) in [6.07, 6.45) is -0.714. The molecule has 1 N–H and O–H groups in total. The molecule has 0 aromatic carbocycles. The van der Waals surface area contributed by atoms with Crippen molar-refractivity contribution < 1.29 is 27.4 Å². The van der Waals surface area contributed by atoms with Gasteiger partial charge in [-0.15, -0.1) is 0 Å². The standard InChI is InChI=1S/C14H24F3NO3/c1-3-8-18-13(12(19)20-2)7-4-5-11(13)6-9-21-10-14(15,16)17/h11,18H,3-10H2,1-2H3. The smallest absolute Gasteiger partial charge is 0.411 e. The molecule has 0 aromatic rings. The molecule has 1 fully saturated rings. The second-order valence-electron chi connectivity index (χ2n) is 5.44. The molecule has 124 valence electrons. The zero-order chi connectivity index (χ0) is 15.9. The molecule has 0 saturated heterocycles. The van der Waals surface area contributed by atoms with Crippen molar-refractivity contribution in [2.24, 2.45) is 5.92 Å². The Kier molecular flexibility index (Phi) is 6.93. The number of nitrogens with one attached hydrogen (secondary N) is 1. The minimum atomic E-state index is -4.31. The van der Waals surface area contributed by atoms with Crippen LogP contribution in [0.15, 0.2) is 0 Å². The lowest BCUT2D eigenvalue weighted by Crippen LogP contribution is -2.55. The fourth-order valence-corrected chi connectivity index (χ4v) is 2.99. The lowest BCUT2D eigenvalue weighted by atomic mass is 9.84. The van der Waals surface area contributed by atoms with Crippen LogP contribution in [0.25, 0.3) is 0 Å². The number of alkyl halides is 3. The summed E-state index contributed by atoms with van der Waals surface area (Å²) in [6.45, 7) is 1.42. The van der Waals surface area contributed by atoms with E-state index in [9.17, 15) is 18.0 Å². The molecule has 7 heteroatoms. The van der Waals surface area contributed by atoms with Gasteiger partial charge in [-0.1, -0.05) is 13.3 Å². The van der Waals surface area contributed by atoms with Crippen LogP contribution in [0.1, 0.15) is 39.0 Å². The molecule has 21 heavy (non-hydrogen) atoms. The van der Waals surface area contributed by atoms with Gasteiger partial charge in [-0.25, -0.2) is 0 Å². The van der Waals surface area contributed by atoms with Gasteiger partial charge >= 0.3 is 12.1 Å². The van der Waals surface area contributed by atoms with E-state index >= 15 is 0 Å². The van der Waals surface area contributed by atoms with E-state index in [1.54, 1.807) is 0 Å². The monoisotopic (exact) mass is 311 g/mol. The summed E-state index contributed by atoms with van der Waals surface area (Å²) >= 11 is 0. The number of hydrogen-bond acceptors (Lipinski definition) is 4. The number of methoxy groups -OCH3 is 1. The zero-order valence-electron chi connectivity index (χ0n) is 12.6. The maximum atomic E-state index is 12.1. The molecule has 0 aliphatic heterocycles. The van der Waals surface area contributed by atoms with Crippen molar-refractivity contribution in [2.45, 2.75) is 50.7 Å². The Hall–Kier alpha value is -0.820. The first-order chi connectivity index (χ1) is 9.85. The first-order valence-corrected chi connectivity index (χ1v) is 7.33. The van der Waals surface area contributed by atoms with Gasteiger partial charge in [0.05, 0.1) is 7.11 Å². The molecule has 0 bridgehead atoms. The van der Waals surface area contributed by atoms with Gasteiger partial charge in [0.25, 0.3) is 0 Å². The molecule has 0 aromatic heterocycles. The van der Waals surface area contributed by atoms with Crippen LogP contribution in [0.4, 0.5) is 13.2 Å². The van der Waals surface area contributed by atoms with E-state index in [2.05, 4.69) is 10.1 Å². The Bertz CT molecular complexity index is 336. The number of halogens is 3. The van der Waals surface area contributed by atoms with Crippen molar-refractivity contribution in [3.05, 3.63) is 0 Å². The molecule has 2 atom stereocenters. The average Bonchev–Trinajstić information content (AvgIpc) is 2.83. The average molecular weight is 311 g/mol. The summed E-state index contributed by atoms with van der Waals surface area (Å²) in [5, 5.41) is 3.25. The van der Waals surface area contributed by atoms with Gasteiger partial charge in [0.2, 0.25) is 0 Å². The van der Waals surface area contributed by atoms with Crippen LogP contribution < -0.4 is 5.32 Å². The molecule has 4 nitrogen and oxygen atoms in total. The van der Waals surface area contributed by atoms with E-state index in [1.807, 2.05) is 6.92 Å². The van der Waals surface area contributed by atoms with E-state index in [0.29, 0.717) is 19.4 Å². The summed E-state index contributed by atoms with van der Waals surface area (Å²) in [6, 6.07) is 0. The topological polar surface area (TPSA) is 47.6 Å². The van der Waals surface area contributed by atoms with Gasteiger partial charge in [0.1, 0.15) is 12.1 Å². The van der Waals surface area contributed by atoms with Crippen molar-refractivity contribution in [3.63, 3.8) is 0 Å². The van der Waals surface area contributed by atoms with Gasteiger partial charge in [-0.05, 0) is 38.1 Å². The Morgan fingerprint density at radius 3 is 2.71 bits per heavy atom. The summed E-state index contributed by atoms with van der Waals surface area (Å²) in [5.74, 6) is -0.376. The molecule has 0 radical (unpaired) electrons. The molecule has 1 aliphatic carbocycles. The summed E-state index contributed by atoms with van der Waals surface area (Å²) < 4.78 is 45.7. The number of ether oxygens (including phenoxy) is 2. The van der Waals surface area contributed by atoms with Crippen molar-refractivity contribution in [2.75, 3.05) is 26.9 Å². The fraction of sp³-hybridized carbons (Fsp3) is 0.929. The van der Waals surface area contributed by atoms with Gasteiger partial charge in [0.15, 0.2) is 0 Å². The highest BCUT2D eigenvalue weighted by Gasteiger charge is 2.49. The third-order valence-corrected chi connectivity index (χ3v) is 3.94. The molecule has 1 aliphatic rings. The van der Waals surface area contributed by atoms with Crippen LogP contribution in [0.5, 0.6) is 0 Å². The Balaban J connectivity index is 2.58. The van der Waals surface area contributed by atoms with E-state index in [1.165, 1.54) is 7.11 Å². The van der Waals surface area contributed by atoms with Crippen molar-refractivity contribution in [3.8, 4) is 0 Å². The number of hydrogen-bond donors (Lipinski definition) is 1. The van der Waals surface area contributed by atoms with E-state index in [4.69, 9.17) is 4.74 Å². The summed E-state index contributed by atoms with van der Waals surface area (Å²) in [5.41, 5.74) is -0.771. The van der Waals surface area contributed by atoms with Gasteiger partial charge in [-0.2, -0.15) is 13.2 Å². The van der Waals surface area contributed by atoms with Gasteiger partial charge in [-0.3, -0.25) is 4.79 Å². The molecule has 0 heterocycles. The van der Waals surface area contributed by atoms with Crippen molar-refractivity contribution >= 4 is 5.97 Å². The zero-order valence-corrected chi connectivity index (χ0v) is 12.6. The normalized spacial score (nSPS) is 26.0. The van der Waals surface area contributed by atoms with Crippen LogP contribution in [0.2, 0.25) is 0 Å². The van der Waals surface area contributed by atoms with Gasteiger partial charge < -0.3 is 14.8 Å². The number of carbonyl (C=O) groups is 1. The summed E-state index contributed by atoms with van der Waals surface area (Å²) in [4.78, 5) is 12.1. The lowest BCUT2D eigenvalue weighted by molar-refractivity contribution is -0.175. The van der Waals surface area contributed by atoms with E-state index < -0.39 is 18.3 Å². The Morgan fingerprint density at radius 2 is 2.14 bits per heavy atom. The van der Waals surface area contributed by atoms with E-state index in [0.717, 1.165) is 19.3 Å². The molecular weight excluding hydrogens is 287 g/mol. The second kappa shape index (κ2) is 7.98. The molecule has 0 spiro atoms. The molecule has 1 saturated carbocycles.